The summed E-state index contributed by atoms with van der Waals surface area (Å²) < 4.78 is 2.15. The Bertz CT molecular complexity index is 886. The van der Waals surface area contributed by atoms with E-state index in [0.29, 0.717) is 0 Å². The molecule has 100 valence electrons. The number of nitrogens with zero attached hydrogens (tertiary/aromatic N) is 2. The van der Waals surface area contributed by atoms with Crippen LogP contribution in [0.25, 0.3) is 27.8 Å². The molecular formula is C19H14N2. The largest absolute Gasteiger partial charge is 0.299 e. The molecule has 0 N–H and O–H groups in total. The van der Waals surface area contributed by atoms with E-state index in [2.05, 4.69) is 64.1 Å². The molecule has 0 unspecified atom stereocenters. The van der Waals surface area contributed by atoms with Crippen LogP contribution < -0.4 is 0 Å². The molecule has 0 bridgehead atoms. The summed E-state index contributed by atoms with van der Waals surface area (Å²) in [6, 6.07) is 25.1. The lowest BCUT2D eigenvalue weighted by molar-refractivity contribution is 1.08. The van der Waals surface area contributed by atoms with E-state index in [4.69, 9.17) is 0 Å². The summed E-state index contributed by atoms with van der Waals surface area (Å²) in [5, 5.41) is 2.47. The number of rotatable bonds is 2. The quantitative estimate of drug-likeness (QED) is 0.516. The zero-order valence-electron chi connectivity index (χ0n) is 11.5. The summed E-state index contributed by atoms with van der Waals surface area (Å²) in [5.41, 5.74) is 2.28. The molecule has 0 fully saturated rings. The van der Waals surface area contributed by atoms with Gasteiger partial charge in [0.2, 0.25) is 0 Å². The topological polar surface area (TPSA) is 17.8 Å². The number of hydrogen-bond acceptors (Lipinski definition) is 1. The lowest BCUT2D eigenvalue weighted by atomic mass is 10.1. The van der Waals surface area contributed by atoms with Gasteiger partial charge in [-0.2, -0.15) is 0 Å². The van der Waals surface area contributed by atoms with Crippen molar-refractivity contribution in [1.82, 2.24) is 9.55 Å². The molecule has 4 aromatic rings. The first-order valence-electron chi connectivity index (χ1n) is 7.00. The standard InChI is InChI=1S/C19H14N2/c1-2-8-16(9-3-1)19-20-13-14-21(19)18-12-6-10-15-7-4-5-11-17(15)18/h1-14H. The molecule has 0 amide bonds. The fraction of sp³-hybridized carbons (Fsp3) is 0. The number of imidazole rings is 1. The Hall–Kier alpha value is -2.87. The van der Waals surface area contributed by atoms with Crippen molar-refractivity contribution >= 4 is 10.8 Å². The molecule has 4 rings (SSSR count). The van der Waals surface area contributed by atoms with E-state index in [-0.39, 0.29) is 0 Å². The molecule has 0 spiro atoms. The molecular weight excluding hydrogens is 256 g/mol. The molecule has 21 heavy (non-hydrogen) atoms. The van der Waals surface area contributed by atoms with Crippen molar-refractivity contribution in [2.75, 3.05) is 0 Å². The number of aromatic nitrogens is 2. The van der Waals surface area contributed by atoms with Crippen LogP contribution in [-0.2, 0) is 0 Å². The van der Waals surface area contributed by atoms with Gasteiger partial charge in [0, 0.05) is 23.3 Å². The van der Waals surface area contributed by atoms with Crippen LogP contribution in [0.4, 0.5) is 0 Å². The van der Waals surface area contributed by atoms with Crippen LogP contribution in [0.15, 0.2) is 85.2 Å². The Balaban J connectivity index is 1.97. The Morgan fingerprint density at radius 2 is 1.48 bits per heavy atom. The van der Waals surface area contributed by atoms with E-state index >= 15 is 0 Å². The zero-order valence-corrected chi connectivity index (χ0v) is 11.5. The van der Waals surface area contributed by atoms with Crippen LogP contribution in [0.3, 0.4) is 0 Å². The van der Waals surface area contributed by atoms with E-state index in [0.717, 1.165) is 17.1 Å². The Morgan fingerprint density at radius 3 is 2.38 bits per heavy atom. The highest BCUT2D eigenvalue weighted by Gasteiger charge is 2.09. The van der Waals surface area contributed by atoms with Crippen molar-refractivity contribution in [3.8, 4) is 17.1 Å². The molecule has 0 saturated heterocycles. The van der Waals surface area contributed by atoms with Crippen molar-refractivity contribution in [1.29, 1.82) is 0 Å². The molecule has 2 nitrogen and oxygen atoms in total. The fourth-order valence-electron chi connectivity index (χ4n) is 2.72. The Morgan fingerprint density at radius 1 is 0.714 bits per heavy atom. The highest BCUT2D eigenvalue weighted by Crippen LogP contribution is 2.26. The zero-order chi connectivity index (χ0) is 14.1. The Labute approximate surface area is 123 Å². The molecule has 0 aliphatic carbocycles. The van der Waals surface area contributed by atoms with E-state index < -0.39 is 0 Å². The maximum Gasteiger partial charge on any atom is 0.144 e. The molecule has 0 aliphatic heterocycles. The van der Waals surface area contributed by atoms with Crippen LogP contribution in [0.5, 0.6) is 0 Å². The third-order valence-corrected chi connectivity index (χ3v) is 3.70. The summed E-state index contributed by atoms with van der Waals surface area (Å²) in [5.74, 6) is 0.965. The summed E-state index contributed by atoms with van der Waals surface area (Å²) in [6.07, 6.45) is 3.87. The van der Waals surface area contributed by atoms with Crippen LogP contribution in [0.1, 0.15) is 0 Å². The predicted molar refractivity (Wildman–Crippen MR) is 86.5 cm³/mol. The first-order chi connectivity index (χ1) is 10.4. The van der Waals surface area contributed by atoms with Gasteiger partial charge in [0.25, 0.3) is 0 Å². The normalized spacial score (nSPS) is 10.9. The van der Waals surface area contributed by atoms with Crippen molar-refractivity contribution in [2.24, 2.45) is 0 Å². The molecule has 1 aromatic heterocycles. The SMILES string of the molecule is c1ccc(-c2nccn2-c2cccc3ccccc23)cc1. The van der Waals surface area contributed by atoms with E-state index in [1.54, 1.807) is 0 Å². The van der Waals surface area contributed by atoms with Crippen molar-refractivity contribution in [3.63, 3.8) is 0 Å². The van der Waals surface area contributed by atoms with Crippen LogP contribution in [-0.4, -0.2) is 9.55 Å². The van der Waals surface area contributed by atoms with Gasteiger partial charge in [0.15, 0.2) is 0 Å². The summed E-state index contributed by atoms with van der Waals surface area (Å²) in [7, 11) is 0. The lowest BCUT2D eigenvalue weighted by Gasteiger charge is -2.11. The molecule has 3 aromatic carbocycles. The van der Waals surface area contributed by atoms with Gasteiger partial charge in [-0.15, -0.1) is 0 Å². The van der Waals surface area contributed by atoms with Gasteiger partial charge in [-0.3, -0.25) is 4.57 Å². The lowest BCUT2D eigenvalue weighted by Crippen LogP contribution is -1.97. The second-order valence-electron chi connectivity index (χ2n) is 4.99. The smallest absolute Gasteiger partial charge is 0.144 e. The summed E-state index contributed by atoms with van der Waals surface area (Å²) in [4.78, 5) is 4.53. The van der Waals surface area contributed by atoms with E-state index in [9.17, 15) is 0 Å². The minimum atomic E-state index is 0.965. The monoisotopic (exact) mass is 270 g/mol. The van der Waals surface area contributed by atoms with Crippen molar-refractivity contribution < 1.29 is 0 Å². The summed E-state index contributed by atoms with van der Waals surface area (Å²) in [6.45, 7) is 0. The fourth-order valence-corrected chi connectivity index (χ4v) is 2.72. The number of hydrogen-bond donors (Lipinski definition) is 0. The summed E-state index contributed by atoms with van der Waals surface area (Å²) >= 11 is 0. The van der Waals surface area contributed by atoms with Crippen LogP contribution in [0, 0.1) is 0 Å². The molecule has 1 heterocycles. The van der Waals surface area contributed by atoms with Gasteiger partial charge < -0.3 is 0 Å². The van der Waals surface area contributed by atoms with Gasteiger partial charge >= 0.3 is 0 Å². The average Bonchev–Trinajstić information content (AvgIpc) is 3.04. The van der Waals surface area contributed by atoms with E-state index in [1.165, 1.54) is 10.8 Å². The number of fused-ring (bicyclic) bond motifs is 1. The van der Waals surface area contributed by atoms with Gasteiger partial charge in [0.1, 0.15) is 5.82 Å². The minimum absolute atomic E-state index is 0.965. The maximum atomic E-state index is 4.53. The highest BCUT2D eigenvalue weighted by molar-refractivity contribution is 5.90. The molecule has 0 aliphatic rings. The van der Waals surface area contributed by atoms with Crippen molar-refractivity contribution in [3.05, 3.63) is 85.2 Å². The van der Waals surface area contributed by atoms with Gasteiger partial charge in [-0.05, 0) is 11.5 Å². The third kappa shape index (κ3) is 2.01. The second-order valence-corrected chi connectivity index (χ2v) is 4.99. The third-order valence-electron chi connectivity index (χ3n) is 3.70. The Kier molecular flexibility index (Phi) is 2.79. The molecule has 0 radical (unpaired) electrons. The second kappa shape index (κ2) is 4.91. The van der Waals surface area contributed by atoms with Gasteiger partial charge in [-0.1, -0.05) is 66.7 Å². The molecule has 0 atom stereocenters. The van der Waals surface area contributed by atoms with Crippen LogP contribution >= 0.6 is 0 Å². The predicted octanol–water partition coefficient (Wildman–Crippen LogP) is 4.69. The average molecular weight is 270 g/mol. The van der Waals surface area contributed by atoms with Crippen molar-refractivity contribution in [2.45, 2.75) is 0 Å². The van der Waals surface area contributed by atoms with E-state index in [1.807, 2.05) is 30.6 Å². The minimum Gasteiger partial charge on any atom is -0.299 e. The van der Waals surface area contributed by atoms with Crippen LogP contribution in [0.2, 0.25) is 0 Å². The first-order valence-corrected chi connectivity index (χ1v) is 7.00. The van der Waals surface area contributed by atoms with Gasteiger partial charge in [0.05, 0.1) is 5.69 Å². The van der Waals surface area contributed by atoms with Gasteiger partial charge in [-0.25, -0.2) is 4.98 Å². The molecule has 2 heteroatoms. The maximum absolute atomic E-state index is 4.53. The highest BCUT2D eigenvalue weighted by atomic mass is 15.1. The number of benzene rings is 3. The molecule has 0 saturated carbocycles. The first kappa shape index (κ1) is 11.9.